The number of likely N-dealkylation sites (tertiary alicyclic amines) is 1. The second kappa shape index (κ2) is 12.5. The largest absolute Gasteiger partial charge is 0.462 e. The van der Waals surface area contributed by atoms with Crippen molar-refractivity contribution in [3.05, 3.63) is 47.7 Å². The lowest BCUT2D eigenvalue weighted by Crippen LogP contribution is -2.55. The first kappa shape index (κ1) is 28.7. The standard InChI is InChI=1S/C31H38FN7O2S/c1-3-28(40)39-14-13-38(18-23(39)9-11-33)30-25-10-12-37(27-8-4-6-21-7-5-15-42-29(21)27)19-26(25)34-31(35-30)41-20-24-16-22(32)17-36(24)2/h3-4,6,8,22-24H,1,5,7,9-10,12-20H2,2H3/t22-,23+,24+/m1/s1. The molecule has 0 aliphatic carbocycles. The molecule has 1 aromatic carbocycles. The van der Waals surface area contributed by atoms with Gasteiger partial charge in [-0.25, -0.2) is 4.39 Å². The van der Waals surface area contributed by atoms with Crippen LogP contribution in [0.5, 0.6) is 6.01 Å². The molecule has 0 N–H and O–H groups in total. The van der Waals surface area contributed by atoms with E-state index in [0.29, 0.717) is 51.8 Å². The Morgan fingerprint density at radius 2 is 2.10 bits per heavy atom. The van der Waals surface area contributed by atoms with Crippen LogP contribution in [0.3, 0.4) is 0 Å². The molecule has 11 heteroatoms. The highest BCUT2D eigenvalue weighted by molar-refractivity contribution is 7.99. The minimum absolute atomic E-state index is 0.0269. The average molecular weight is 592 g/mol. The fourth-order valence-electron chi connectivity index (χ4n) is 6.65. The van der Waals surface area contributed by atoms with Crippen molar-refractivity contribution in [1.82, 2.24) is 19.8 Å². The lowest BCUT2D eigenvalue weighted by Gasteiger charge is -2.42. The highest BCUT2D eigenvalue weighted by Crippen LogP contribution is 2.40. The van der Waals surface area contributed by atoms with Gasteiger partial charge >= 0.3 is 6.01 Å². The van der Waals surface area contributed by atoms with Gasteiger partial charge in [0.1, 0.15) is 18.6 Å². The number of benzene rings is 1. The molecule has 1 aromatic heterocycles. The molecule has 5 heterocycles. The lowest BCUT2D eigenvalue weighted by molar-refractivity contribution is -0.128. The lowest BCUT2D eigenvalue weighted by atomic mass is 10.0. The van der Waals surface area contributed by atoms with E-state index in [-0.39, 0.29) is 24.4 Å². The summed E-state index contributed by atoms with van der Waals surface area (Å²) in [5.41, 5.74) is 4.71. The van der Waals surface area contributed by atoms with Crippen molar-refractivity contribution in [2.45, 2.75) is 61.8 Å². The molecule has 3 atom stereocenters. The average Bonchev–Trinajstić information content (AvgIpc) is 3.34. The van der Waals surface area contributed by atoms with Gasteiger partial charge < -0.3 is 19.4 Å². The van der Waals surface area contributed by atoms with E-state index in [1.807, 2.05) is 23.7 Å². The number of nitriles is 1. The van der Waals surface area contributed by atoms with Gasteiger partial charge in [0.15, 0.2) is 0 Å². The molecule has 0 unspecified atom stereocenters. The number of likely N-dealkylation sites (N-methyl/N-ethyl adjacent to an activating group) is 1. The number of thioether (sulfide) groups is 1. The van der Waals surface area contributed by atoms with Crippen molar-refractivity contribution >= 4 is 29.2 Å². The van der Waals surface area contributed by atoms with E-state index in [4.69, 9.17) is 14.7 Å². The number of piperazine rings is 1. The first-order valence-electron chi connectivity index (χ1n) is 14.9. The van der Waals surface area contributed by atoms with E-state index in [1.54, 1.807) is 4.90 Å². The monoisotopic (exact) mass is 591 g/mol. The van der Waals surface area contributed by atoms with Gasteiger partial charge in [-0.2, -0.15) is 15.2 Å². The minimum atomic E-state index is -0.849. The maximum Gasteiger partial charge on any atom is 0.318 e. The highest BCUT2D eigenvalue weighted by atomic mass is 32.2. The molecule has 0 radical (unpaired) electrons. The van der Waals surface area contributed by atoms with Crippen molar-refractivity contribution in [2.24, 2.45) is 0 Å². The molecule has 4 aliphatic heterocycles. The summed E-state index contributed by atoms with van der Waals surface area (Å²) in [5, 5.41) is 9.50. The van der Waals surface area contributed by atoms with Gasteiger partial charge in [-0.3, -0.25) is 9.69 Å². The molecule has 2 saturated heterocycles. The Labute approximate surface area is 251 Å². The van der Waals surface area contributed by atoms with Crippen LogP contribution >= 0.6 is 11.8 Å². The van der Waals surface area contributed by atoms with Crippen LogP contribution in [0.2, 0.25) is 0 Å². The Kier molecular flexibility index (Phi) is 8.54. The number of carbonyl (C=O) groups excluding carboxylic acids is 1. The molecule has 6 rings (SSSR count). The zero-order valence-corrected chi connectivity index (χ0v) is 25.0. The Balaban J connectivity index is 1.31. The number of rotatable bonds is 7. The number of amides is 1. The molecular weight excluding hydrogens is 553 g/mol. The van der Waals surface area contributed by atoms with E-state index < -0.39 is 6.17 Å². The van der Waals surface area contributed by atoms with Crippen LogP contribution in [0.25, 0.3) is 0 Å². The van der Waals surface area contributed by atoms with Crippen molar-refractivity contribution in [3.8, 4) is 12.1 Å². The number of carbonyl (C=O) groups is 1. The molecule has 42 heavy (non-hydrogen) atoms. The summed E-state index contributed by atoms with van der Waals surface area (Å²) in [7, 11) is 1.92. The summed E-state index contributed by atoms with van der Waals surface area (Å²) in [6.45, 7) is 7.43. The van der Waals surface area contributed by atoms with Gasteiger partial charge in [-0.05, 0) is 56.2 Å². The van der Waals surface area contributed by atoms with E-state index in [0.717, 1.165) is 42.2 Å². The summed E-state index contributed by atoms with van der Waals surface area (Å²) in [5.74, 6) is 1.80. The first-order chi connectivity index (χ1) is 20.4. The summed E-state index contributed by atoms with van der Waals surface area (Å²) in [4.78, 5) is 32.1. The third kappa shape index (κ3) is 5.79. The number of nitrogens with zero attached hydrogens (tertiary/aromatic N) is 7. The van der Waals surface area contributed by atoms with Crippen LogP contribution in [0.4, 0.5) is 15.9 Å². The van der Waals surface area contributed by atoms with Crippen LogP contribution in [0.15, 0.2) is 35.7 Å². The van der Waals surface area contributed by atoms with Crippen LogP contribution in [-0.2, 0) is 24.2 Å². The van der Waals surface area contributed by atoms with Gasteiger partial charge in [0.2, 0.25) is 5.91 Å². The molecule has 0 saturated carbocycles. The second-order valence-electron chi connectivity index (χ2n) is 11.6. The second-order valence-corrected chi connectivity index (χ2v) is 12.7. The zero-order chi connectivity index (χ0) is 29.2. The summed E-state index contributed by atoms with van der Waals surface area (Å²) in [6, 6.07) is 8.87. The van der Waals surface area contributed by atoms with Crippen LogP contribution in [-0.4, -0.2) is 96.1 Å². The molecule has 1 amide bonds. The number of aryl methyl sites for hydroxylation is 1. The van der Waals surface area contributed by atoms with Crippen LogP contribution in [0.1, 0.15) is 36.1 Å². The predicted molar refractivity (Wildman–Crippen MR) is 162 cm³/mol. The van der Waals surface area contributed by atoms with E-state index >= 15 is 0 Å². The van der Waals surface area contributed by atoms with E-state index in [1.165, 1.54) is 28.6 Å². The van der Waals surface area contributed by atoms with Crippen molar-refractivity contribution in [3.63, 3.8) is 0 Å². The van der Waals surface area contributed by atoms with Gasteiger partial charge in [0.25, 0.3) is 0 Å². The normalized spacial score (nSPS) is 24.1. The van der Waals surface area contributed by atoms with Crippen molar-refractivity contribution < 1.29 is 13.9 Å². The zero-order valence-electron chi connectivity index (χ0n) is 24.2. The highest BCUT2D eigenvalue weighted by Gasteiger charge is 2.34. The number of aromatic nitrogens is 2. The van der Waals surface area contributed by atoms with E-state index in [9.17, 15) is 14.4 Å². The fraction of sp³-hybridized carbons (Fsp3) is 0.548. The molecule has 2 fully saturated rings. The van der Waals surface area contributed by atoms with E-state index in [2.05, 4.69) is 40.6 Å². The Morgan fingerprint density at radius 1 is 1.21 bits per heavy atom. The maximum atomic E-state index is 14.0. The number of fused-ring (bicyclic) bond motifs is 2. The van der Waals surface area contributed by atoms with Crippen molar-refractivity contribution in [1.29, 1.82) is 5.26 Å². The van der Waals surface area contributed by atoms with Crippen LogP contribution < -0.4 is 14.5 Å². The maximum absolute atomic E-state index is 14.0. The van der Waals surface area contributed by atoms with Gasteiger partial charge in [-0.1, -0.05) is 18.7 Å². The third-order valence-corrected chi connectivity index (χ3v) is 10.1. The summed E-state index contributed by atoms with van der Waals surface area (Å²) in [6.07, 6.45) is 4.24. The topological polar surface area (TPSA) is 88.8 Å². The van der Waals surface area contributed by atoms with Crippen LogP contribution in [0, 0.1) is 11.3 Å². The smallest absolute Gasteiger partial charge is 0.318 e. The third-order valence-electron chi connectivity index (χ3n) is 8.89. The molecule has 222 valence electrons. The number of anilines is 2. The minimum Gasteiger partial charge on any atom is -0.462 e. The molecule has 9 nitrogen and oxygen atoms in total. The Bertz CT molecular complexity index is 1380. The Hall–Kier alpha value is -3.36. The fourth-order valence-corrected chi connectivity index (χ4v) is 7.85. The number of halogens is 1. The molecule has 0 spiro atoms. The van der Waals surface area contributed by atoms with Crippen molar-refractivity contribution in [2.75, 3.05) is 61.9 Å². The molecule has 0 bridgehead atoms. The Morgan fingerprint density at radius 3 is 2.88 bits per heavy atom. The van der Waals surface area contributed by atoms with Gasteiger partial charge in [0, 0.05) is 49.2 Å². The summed E-state index contributed by atoms with van der Waals surface area (Å²) < 4.78 is 20.2. The quantitative estimate of drug-likeness (QED) is 0.448. The van der Waals surface area contributed by atoms with Gasteiger partial charge in [0.05, 0.1) is 36.5 Å². The predicted octanol–water partition coefficient (Wildman–Crippen LogP) is 3.62. The van der Waals surface area contributed by atoms with Gasteiger partial charge in [-0.15, -0.1) is 11.8 Å². The molecular formula is C31H38FN7O2S. The number of hydrogen-bond acceptors (Lipinski definition) is 9. The molecule has 4 aliphatic rings. The number of alkyl halides is 1. The number of ether oxygens (including phenoxy) is 1. The molecule has 2 aromatic rings. The SMILES string of the molecule is C=CC(=O)N1CCN(c2nc(OC[C@@H]3C[C@@H](F)CN3C)nc3c2CCN(c2cccc4c2SCCC4)C3)C[C@@H]1CC#N. The first-order valence-corrected chi connectivity index (χ1v) is 15.8. The summed E-state index contributed by atoms with van der Waals surface area (Å²) >= 11 is 1.94. The number of hydrogen-bond donors (Lipinski definition) is 0.